The van der Waals surface area contributed by atoms with E-state index in [2.05, 4.69) is 5.32 Å². The molecular weight excluding hydrogens is 447 g/mol. The molecule has 0 aliphatic heterocycles. The molecule has 0 fully saturated rings. The van der Waals surface area contributed by atoms with E-state index in [0.29, 0.717) is 23.5 Å². The molecule has 1 unspecified atom stereocenters. The smallest absolute Gasteiger partial charge is 0.261 e. The minimum absolute atomic E-state index is 0.103. The topological polar surface area (TPSA) is 67.9 Å². The van der Waals surface area contributed by atoms with Crippen LogP contribution in [-0.2, 0) is 22.6 Å². The van der Waals surface area contributed by atoms with Crippen molar-refractivity contribution in [3.8, 4) is 11.5 Å². The fourth-order valence-electron chi connectivity index (χ4n) is 3.68. The Morgan fingerprint density at radius 3 is 2.14 bits per heavy atom. The molecule has 0 aliphatic carbocycles. The Hall–Kier alpha value is -3.87. The van der Waals surface area contributed by atoms with Crippen molar-refractivity contribution in [3.63, 3.8) is 0 Å². The monoisotopic (exact) mass is 478 g/mol. The van der Waals surface area contributed by atoms with Crippen LogP contribution in [0.2, 0.25) is 0 Å². The molecule has 0 saturated heterocycles. The lowest BCUT2D eigenvalue weighted by Crippen LogP contribution is -2.52. The first-order chi connectivity index (χ1) is 16.9. The van der Waals surface area contributed by atoms with E-state index < -0.39 is 6.04 Å². The molecule has 1 atom stereocenters. The minimum Gasteiger partial charge on any atom is -0.493 e. The van der Waals surface area contributed by atoms with Crippen LogP contribution in [-0.4, -0.2) is 42.5 Å². The van der Waals surface area contributed by atoms with Gasteiger partial charge in [0.2, 0.25) is 5.91 Å². The standard InChI is InChI=1S/C28H31FN2O4/c1-20(2)30-28(33)24(17-21-9-5-4-6-10-21)31(18-22-13-15-23(29)16-14-22)27(32)19-35-26-12-8-7-11-25(26)34-3/h4-16,20,24H,17-19H2,1-3H3,(H,30,33). The van der Waals surface area contributed by atoms with Gasteiger partial charge >= 0.3 is 0 Å². The van der Waals surface area contributed by atoms with Gasteiger partial charge in [0.25, 0.3) is 5.91 Å². The van der Waals surface area contributed by atoms with Crippen molar-refractivity contribution in [2.75, 3.05) is 13.7 Å². The molecule has 1 N–H and O–H groups in total. The first-order valence-corrected chi connectivity index (χ1v) is 11.5. The Labute approximate surface area is 205 Å². The van der Waals surface area contributed by atoms with Gasteiger partial charge in [-0.05, 0) is 49.2 Å². The van der Waals surface area contributed by atoms with Crippen LogP contribution in [0.1, 0.15) is 25.0 Å². The Balaban J connectivity index is 1.91. The lowest BCUT2D eigenvalue weighted by atomic mass is 10.0. The number of para-hydroxylation sites is 2. The van der Waals surface area contributed by atoms with Crippen LogP contribution in [0.3, 0.4) is 0 Å². The molecule has 0 heterocycles. The van der Waals surface area contributed by atoms with Crippen LogP contribution >= 0.6 is 0 Å². The quantitative estimate of drug-likeness (QED) is 0.444. The van der Waals surface area contributed by atoms with Crippen LogP contribution in [0, 0.1) is 5.82 Å². The number of carbonyl (C=O) groups excluding carboxylic acids is 2. The second kappa shape index (κ2) is 12.6. The Bertz CT molecular complexity index is 1100. The Kier molecular flexibility index (Phi) is 9.23. The predicted molar refractivity (Wildman–Crippen MR) is 133 cm³/mol. The summed E-state index contributed by atoms with van der Waals surface area (Å²) in [4.78, 5) is 28.3. The second-order valence-electron chi connectivity index (χ2n) is 8.46. The van der Waals surface area contributed by atoms with Gasteiger partial charge < -0.3 is 19.7 Å². The molecule has 0 saturated carbocycles. The van der Waals surface area contributed by atoms with Crippen molar-refractivity contribution < 1.29 is 23.5 Å². The lowest BCUT2D eigenvalue weighted by Gasteiger charge is -2.32. The first kappa shape index (κ1) is 25.7. The van der Waals surface area contributed by atoms with Gasteiger partial charge in [-0.1, -0.05) is 54.6 Å². The van der Waals surface area contributed by atoms with Gasteiger partial charge in [-0.2, -0.15) is 0 Å². The van der Waals surface area contributed by atoms with Crippen molar-refractivity contribution >= 4 is 11.8 Å². The van der Waals surface area contributed by atoms with Gasteiger partial charge in [0.1, 0.15) is 11.9 Å². The van der Waals surface area contributed by atoms with Gasteiger partial charge in [-0.15, -0.1) is 0 Å². The van der Waals surface area contributed by atoms with Gasteiger partial charge in [0, 0.05) is 19.0 Å². The van der Waals surface area contributed by atoms with E-state index in [0.717, 1.165) is 5.56 Å². The van der Waals surface area contributed by atoms with Gasteiger partial charge in [0.05, 0.1) is 7.11 Å². The van der Waals surface area contributed by atoms with Crippen molar-refractivity contribution in [1.82, 2.24) is 10.2 Å². The SMILES string of the molecule is COc1ccccc1OCC(=O)N(Cc1ccc(F)cc1)C(Cc1ccccc1)C(=O)NC(C)C. The molecular formula is C28H31FN2O4. The largest absolute Gasteiger partial charge is 0.493 e. The maximum atomic E-state index is 13.5. The normalized spacial score (nSPS) is 11.6. The van der Waals surface area contributed by atoms with E-state index in [1.807, 2.05) is 44.2 Å². The third kappa shape index (κ3) is 7.57. The van der Waals surface area contributed by atoms with Crippen LogP contribution in [0.4, 0.5) is 4.39 Å². The Morgan fingerprint density at radius 1 is 0.886 bits per heavy atom. The summed E-state index contributed by atoms with van der Waals surface area (Å²) in [6.07, 6.45) is 0.320. The second-order valence-corrected chi connectivity index (χ2v) is 8.46. The van der Waals surface area contributed by atoms with Crippen molar-refractivity contribution in [2.45, 2.75) is 38.9 Å². The maximum absolute atomic E-state index is 13.5. The number of carbonyl (C=O) groups is 2. The summed E-state index contributed by atoms with van der Waals surface area (Å²) in [5.74, 6) is -0.0821. The average molecular weight is 479 g/mol. The molecule has 184 valence electrons. The van der Waals surface area contributed by atoms with Crippen molar-refractivity contribution in [2.24, 2.45) is 0 Å². The molecule has 0 radical (unpaired) electrons. The zero-order chi connectivity index (χ0) is 25.2. The number of rotatable bonds is 11. The molecule has 0 bridgehead atoms. The van der Waals surface area contributed by atoms with E-state index in [4.69, 9.17) is 9.47 Å². The number of ether oxygens (including phenoxy) is 2. The third-order valence-electron chi connectivity index (χ3n) is 5.39. The molecule has 35 heavy (non-hydrogen) atoms. The number of amides is 2. The number of benzene rings is 3. The van der Waals surface area contributed by atoms with Gasteiger partial charge in [-0.25, -0.2) is 4.39 Å². The highest BCUT2D eigenvalue weighted by Crippen LogP contribution is 2.26. The summed E-state index contributed by atoms with van der Waals surface area (Å²) in [5.41, 5.74) is 1.62. The molecule has 0 aromatic heterocycles. The van der Waals surface area contributed by atoms with Gasteiger partial charge in [0.15, 0.2) is 18.1 Å². The maximum Gasteiger partial charge on any atom is 0.261 e. The fraction of sp³-hybridized carbons (Fsp3) is 0.286. The summed E-state index contributed by atoms with van der Waals surface area (Å²) in [6.45, 7) is 3.57. The molecule has 0 aliphatic rings. The molecule has 2 amide bonds. The molecule has 7 heteroatoms. The van der Waals surface area contributed by atoms with E-state index in [1.165, 1.54) is 24.1 Å². The summed E-state index contributed by atoms with van der Waals surface area (Å²) >= 11 is 0. The average Bonchev–Trinajstić information content (AvgIpc) is 2.86. The van der Waals surface area contributed by atoms with Crippen LogP contribution in [0.15, 0.2) is 78.9 Å². The highest BCUT2D eigenvalue weighted by molar-refractivity contribution is 5.88. The number of nitrogens with one attached hydrogen (secondary N) is 1. The zero-order valence-corrected chi connectivity index (χ0v) is 20.2. The van der Waals surface area contributed by atoms with Crippen molar-refractivity contribution in [3.05, 3.63) is 95.8 Å². The molecule has 3 rings (SSSR count). The lowest BCUT2D eigenvalue weighted by molar-refractivity contribution is -0.143. The van der Waals surface area contributed by atoms with E-state index in [-0.39, 0.29) is 36.8 Å². The highest BCUT2D eigenvalue weighted by atomic mass is 19.1. The molecule has 0 spiro atoms. The van der Waals surface area contributed by atoms with Crippen LogP contribution in [0.25, 0.3) is 0 Å². The van der Waals surface area contributed by atoms with Crippen molar-refractivity contribution in [1.29, 1.82) is 0 Å². The number of halogens is 1. The van der Waals surface area contributed by atoms with Crippen LogP contribution in [0.5, 0.6) is 11.5 Å². The molecule has 3 aromatic carbocycles. The number of hydrogen-bond acceptors (Lipinski definition) is 4. The summed E-state index contributed by atoms with van der Waals surface area (Å²) in [5, 5.41) is 2.93. The first-order valence-electron chi connectivity index (χ1n) is 11.5. The summed E-state index contributed by atoms with van der Waals surface area (Å²) in [6, 6.07) is 21.6. The zero-order valence-electron chi connectivity index (χ0n) is 20.2. The number of nitrogens with zero attached hydrogens (tertiary/aromatic N) is 1. The number of methoxy groups -OCH3 is 1. The molecule has 3 aromatic rings. The van der Waals surface area contributed by atoms with E-state index in [1.54, 1.807) is 36.4 Å². The van der Waals surface area contributed by atoms with Gasteiger partial charge in [-0.3, -0.25) is 9.59 Å². The highest BCUT2D eigenvalue weighted by Gasteiger charge is 2.31. The third-order valence-corrected chi connectivity index (χ3v) is 5.39. The van der Waals surface area contributed by atoms with E-state index in [9.17, 15) is 14.0 Å². The predicted octanol–water partition coefficient (Wildman–Crippen LogP) is 4.38. The van der Waals surface area contributed by atoms with E-state index >= 15 is 0 Å². The van der Waals surface area contributed by atoms with Crippen LogP contribution < -0.4 is 14.8 Å². The molecule has 6 nitrogen and oxygen atoms in total. The summed E-state index contributed by atoms with van der Waals surface area (Å²) < 4.78 is 24.6. The number of hydrogen-bond donors (Lipinski definition) is 1. The Morgan fingerprint density at radius 2 is 1.51 bits per heavy atom. The fourth-order valence-corrected chi connectivity index (χ4v) is 3.68. The summed E-state index contributed by atoms with van der Waals surface area (Å²) in [7, 11) is 1.52. The minimum atomic E-state index is -0.793.